The summed E-state index contributed by atoms with van der Waals surface area (Å²) in [5.41, 5.74) is 3.54. The van der Waals surface area contributed by atoms with E-state index in [1.807, 2.05) is 57.2 Å². The Balaban J connectivity index is 1.97. The summed E-state index contributed by atoms with van der Waals surface area (Å²) in [4.78, 5) is 23.9. The number of amides is 1. The minimum absolute atomic E-state index is 0.0179. The van der Waals surface area contributed by atoms with E-state index in [1.54, 1.807) is 12.1 Å². The van der Waals surface area contributed by atoms with Gasteiger partial charge in [0.15, 0.2) is 5.78 Å². The summed E-state index contributed by atoms with van der Waals surface area (Å²) >= 11 is 0. The summed E-state index contributed by atoms with van der Waals surface area (Å²) in [6.07, 6.45) is 0.296. The van der Waals surface area contributed by atoms with Gasteiger partial charge in [-0.15, -0.1) is 0 Å². The molecule has 0 bridgehead atoms. The van der Waals surface area contributed by atoms with Gasteiger partial charge in [0.1, 0.15) is 0 Å². The number of rotatable bonds is 5. The maximum absolute atomic E-state index is 12.0. The van der Waals surface area contributed by atoms with Gasteiger partial charge in [0.05, 0.1) is 6.42 Å². The lowest BCUT2D eigenvalue weighted by Crippen LogP contribution is -2.14. The minimum Gasteiger partial charge on any atom is -0.326 e. The number of hydrogen-bond donors (Lipinski definition) is 1. The van der Waals surface area contributed by atoms with Crippen molar-refractivity contribution in [2.75, 3.05) is 5.32 Å². The van der Waals surface area contributed by atoms with Crippen LogP contribution in [0.2, 0.25) is 0 Å². The molecule has 0 aliphatic heterocycles. The fourth-order valence-electron chi connectivity index (χ4n) is 2.15. The van der Waals surface area contributed by atoms with Crippen molar-refractivity contribution in [1.29, 1.82) is 0 Å². The molecule has 0 aliphatic carbocycles. The Labute approximate surface area is 131 Å². The third-order valence-electron chi connectivity index (χ3n) is 3.46. The molecule has 2 rings (SSSR count). The average Bonchev–Trinajstić information content (AvgIpc) is 2.49. The predicted molar refractivity (Wildman–Crippen MR) is 89.1 cm³/mol. The molecule has 0 saturated carbocycles. The topological polar surface area (TPSA) is 46.2 Å². The monoisotopic (exact) mass is 295 g/mol. The smallest absolute Gasteiger partial charge is 0.228 e. The first-order chi connectivity index (χ1) is 10.5. The number of nitrogens with one attached hydrogen (secondary N) is 1. The Bertz CT molecular complexity index is 655. The van der Waals surface area contributed by atoms with Gasteiger partial charge in [-0.05, 0) is 24.6 Å². The van der Waals surface area contributed by atoms with E-state index in [4.69, 9.17) is 0 Å². The van der Waals surface area contributed by atoms with Gasteiger partial charge in [-0.1, -0.05) is 55.8 Å². The molecule has 3 nitrogen and oxygen atoms in total. The lowest BCUT2D eigenvalue weighted by Gasteiger charge is -2.07. The number of benzene rings is 2. The highest BCUT2D eigenvalue weighted by atomic mass is 16.1. The van der Waals surface area contributed by atoms with Crippen molar-refractivity contribution in [2.45, 2.75) is 27.2 Å². The Morgan fingerprint density at radius 3 is 2.09 bits per heavy atom. The van der Waals surface area contributed by atoms with Gasteiger partial charge in [0, 0.05) is 17.2 Å². The number of carbonyl (C=O) groups is 2. The van der Waals surface area contributed by atoms with E-state index in [0.29, 0.717) is 12.0 Å². The van der Waals surface area contributed by atoms with Gasteiger partial charge in [-0.2, -0.15) is 0 Å². The predicted octanol–water partition coefficient (Wildman–Crippen LogP) is 4.01. The molecule has 2 aromatic carbocycles. The Hall–Kier alpha value is -2.42. The third kappa shape index (κ3) is 4.29. The van der Waals surface area contributed by atoms with Crippen LogP contribution < -0.4 is 5.32 Å². The molecule has 114 valence electrons. The number of aryl methyl sites for hydroxylation is 1. The van der Waals surface area contributed by atoms with E-state index in [9.17, 15) is 9.59 Å². The van der Waals surface area contributed by atoms with E-state index >= 15 is 0 Å². The Morgan fingerprint density at radius 2 is 1.55 bits per heavy atom. The van der Waals surface area contributed by atoms with Crippen LogP contribution in [0.25, 0.3) is 0 Å². The van der Waals surface area contributed by atoms with Crippen molar-refractivity contribution in [3.8, 4) is 0 Å². The fraction of sp³-hybridized carbons (Fsp3) is 0.263. The first-order valence-corrected chi connectivity index (χ1v) is 7.45. The zero-order valence-electron chi connectivity index (χ0n) is 13.2. The molecule has 0 spiro atoms. The molecule has 3 heteroatoms. The number of anilines is 1. The molecule has 0 saturated heterocycles. The second-order valence-electron chi connectivity index (χ2n) is 5.81. The molecular weight excluding hydrogens is 274 g/mol. The van der Waals surface area contributed by atoms with Crippen molar-refractivity contribution in [2.24, 2.45) is 5.92 Å². The van der Waals surface area contributed by atoms with Crippen LogP contribution in [0.4, 0.5) is 5.69 Å². The summed E-state index contributed by atoms with van der Waals surface area (Å²) < 4.78 is 0. The van der Waals surface area contributed by atoms with Crippen LogP contribution in [0.1, 0.15) is 35.3 Å². The lowest BCUT2D eigenvalue weighted by atomic mass is 9.99. The SMILES string of the molecule is Cc1ccc(NC(=O)Cc2ccc(C(=O)C(C)C)cc2)cc1. The van der Waals surface area contributed by atoms with Crippen LogP contribution in [-0.2, 0) is 11.2 Å². The highest BCUT2D eigenvalue weighted by molar-refractivity contribution is 5.97. The summed E-state index contributed by atoms with van der Waals surface area (Å²) in [7, 11) is 0. The quantitative estimate of drug-likeness (QED) is 0.847. The number of ketones is 1. The zero-order valence-corrected chi connectivity index (χ0v) is 13.2. The first kappa shape index (κ1) is 16.0. The van der Waals surface area contributed by atoms with Gasteiger partial charge in [-0.3, -0.25) is 9.59 Å². The van der Waals surface area contributed by atoms with Crippen LogP contribution in [0.3, 0.4) is 0 Å². The van der Waals surface area contributed by atoms with Crippen LogP contribution in [0.15, 0.2) is 48.5 Å². The number of hydrogen-bond acceptors (Lipinski definition) is 2. The van der Waals surface area contributed by atoms with E-state index < -0.39 is 0 Å². The molecule has 0 unspecified atom stereocenters. The van der Waals surface area contributed by atoms with Crippen molar-refractivity contribution >= 4 is 17.4 Å². The highest BCUT2D eigenvalue weighted by Crippen LogP contribution is 2.12. The van der Waals surface area contributed by atoms with Crippen molar-refractivity contribution in [3.05, 3.63) is 65.2 Å². The van der Waals surface area contributed by atoms with Crippen LogP contribution in [0, 0.1) is 12.8 Å². The molecule has 0 aliphatic rings. The maximum atomic E-state index is 12.0. The van der Waals surface area contributed by atoms with Gasteiger partial charge in [-0.25, -0.2) is 0 Å². The molecule has 0 aromatic heterocycles. The molecule has 22 heavy (non-hydrogen) atoms. The first-order valence-electron chi connectivity index (χ1n) is 7.45. The van der Waals surface area contributed by atoms with Gasteiger partial charge in [0.25, 0.3) is 0 Å². The number of Topliss-reactive ketones (excluding diaryl/α,β-unsaturated/α-hetero) is 1. The molecule has 0 radical (unpaired) electrons. The van der Waals surface area contributed by atoms with Gasteiger partial charge in [0.2, 0.25) is 5.91 Å². The molecule has 0 atom stereocenters. The summed E-state index contributed by atoms with van der Waals surface area (Å²) in [6.45, 7) is 5.77. The Morgan fingerprint density at radius 1 is 0.955 bits per heavy atom. The van der Waals surface area contributed by atoms with Crippen molar-refractivity contribution in [3.63, 3.8) is 0 Å². The fourth-order valence-corrected chi connectivity index (χ4v) is 2.15. The standard InChI is InChI=1S/C19H21NO2/c1-13(2)19(22)16-8-6-15(7-9-16)12-18(21)20-17-10-4-14(3)5-11-17/h4-11,13H,12H2,1-3H3,(H,20,21). The third-order valence-corrected chi connectivity index (χ3v) is 3.46. The summed E-state index contributed by atoms with van der Waals surface area (Å²) in [5, 5.41) is 2.87. The highest BCUT2D eigenvalue weighted by Gasteiger charge is 2.10. The van der Waals surface area contributed by atoms with E-state index in [2.05, 4.69) is 5.32 Å². The molecule has 0 heterocycles. The molecule has 0 fully saturated rings. The maximum Gasteiger partial charge on any atom is 0.228 e. The van der Waals surface area contributed by atoms with Gasteiger partial charge < -0.3 is 5.32 Å². The normalized spacial score (nSPS) is 10.5. The van der Waals surface area contributed by atoms with Crippen molar-refractivity contribution < 1.29 is 9.59 Å². The summed E-state index contributed by atoms with van der Waals surface area (Å²) in [6, 6.07) is 14.9. The summed E-state index contributed by atoms with van der Waals surface area (Å²) in [5.74, 6) is 0.0399. The molecular formula is C19H21NO2. The van der Waals surface area contributed by atoms with Crippen LogP contribution in [-0.4, -0.2) is 11.7 Å². The lowest BCUT2D eigenvalue weighted by molar-refractivity contribution is -0.115. The van der Waals surface area contributed by atoms with Crippen LogP contribution in [0.5, 0.6) is 0 Å². The average molecular weight is 295 g/mol. The van der Waals surface area contributed by atoms with E-state index in [1.165, 1.54) is 0 Å². The largest absolute Gasteiger partial charge is 0.326 e. The minimum atomic E-state index is -0.0632. The van der Waals surface area contributed by atoms with Crippen molar-refractivity contribution in [1.82, 2.24) is 0 Å². The molecule has 1 amide bonds. The van der Waals surface area contributed by atoms with E-state index in [0.717, 1.165) is 16.8 Å². The number of carbonyl (C=O) groups excluding carboxylic acids is 2. The Kier molecular flexibility index (Phi) is 5.10. The molecule has 1 N–H and O–H groups in total. The van der Waals surface area contributed by atoms with E-state index in [-0.39, 0.29) is 17.6 Å². The second kappa shape index (κ2) is 7.03. The van der Waals surface area contributed by atoms with Crippen LogP contribution >= 0.6 is 0 Å². The molecule has 2 aromatic rings. The zero-order chi connectivity index (χ0) is 16.1. The second-order valence-corrected chi connectivity index (χ2v) is 5.81. The van der Waals surface area contributed by atoms with Gasteiger partial charge >= 0.3 is 0 Å².